The number of ether oxygens (including phenoxy) is 2. The van der Waals surface area contributed by atoms with Crippen molar-refractivity contribution in [2.24, 2.45) is 5.92 Å². The lowest BCUT2D eigenvalue weighted by molar-refractivity contribution is -0.133. The van der Waals surface area contributed by atoms with Crippen LogP contribution >= 0.6 is 0 Å². The van der Waals surface area contributed by atoms with Crippen molar-refractivity contribution in [1.29, 1.82) is 0 Å². The molecule has 1 saturated heterocycles. The molecule has 0 saturated carbocycles. The minimum absolute atomic E-state index is 0.163. The van der Waals surface area contributed by atoms with Crippen molar-refractivity contribution in [2.45, 2.75) is 26.2 Å². The van der Waals surface area contributed by atoms with E-state index in [4.69, 9.17) is 9.47 Å². The van der Waals surface area contributed by atoms with Crippen LogP contribution in [0.25, 0.3) is 0 Å². The van der Waals surface area contributed by atoms with Crippen molar-refractivity contribution in [3.8, 4) is 11.5 Å². The van der Waals surface area contributed by atoms with Crippen molar-refractivity contribution in [3.63, 3.8) is 0 Å². The van der Waals surface area contributed by atoms with E-state index in [1.54, 1.807) is 31.2 Å². The van der Waals surface area contributed by atoms with E-state index in [9.17, 15) is 9.59 Å². The van der Waals surface area contributed by atoms with Gasteiger partial charge >= 0.3 is 0 Å². The quantitative estimate of drug-likeness (QED) is 0.530. The second-order valence-electron chi connectivity index (χ2n) is 9.00. The Morgan fingerprint density at radius 2 is 1.62 bits per heavy atom. The number of benzene rings is 2. The van der Waals surface area contributed by atoms with Crippen LogP contribution in [0.1, 0.15) is 36.5 Å². The largest absolute Gasteiger partial charge is 0.496 e. The summed E-state index contributed by atoms with van der Waals surface area (Å²) in [6.45, 7) is 6.22. The number of carbonyl (C=O) groups is 2. The second kappa shape index (κ2) is 12.4. The van der Waals surface area contributed by atoms with E-state index >= 15 is 0 Å². The summed E-state index contributed by atoms with van der Waals surface area (Å²) < 4.78 is 11.4. The Labute approximate surface area is 203 Å². The van der Waals surface area contributed by atoms with Gasteiger partial charge in [-0.1, -0.05) is 31.2 Å². The molecular weight excluding hydrogens is 430 g/mol. The molecule has 1 unspecified atom stereocenters. The number of carbonyl (C=O) groups excluding carboxylic acids is 2. The molecule has 0 spiro atoms. The summed E-state index contributed by atoms with van der Waals surface area (Å²) in [5.41, 5.74) is 1.21. The Morgan fingerprint density at radius 1 is 0.971 bits per heavy atom. The third kappa shape index (κ3) is 6.73. The predicted octanol–water partition coefficient (Wildman–Crippen LogP) is 3.93. The molecule has 7 heteroatoms. The maximum Gasteiger partial charge on any atom is 0.261 e. The number of methoxy groups -OCH3 is 1. The summed E-state index contributed by atoms with van der Waals surface area (Å²) in [7, 11) is 5.39. The lowest BCUT2D eigenvalue weighted by atomic mass is 10.0. The highest BCUT2D eigenvalue weighted by atomic mass is 16.5. The summed E-state index contributed by atoms with van der Waals surface area (Å²) in [4.78, 5) is 31.4. The van der Waals surface area contributed by atoms with Crippen LogP contribution < -0.4 is 14.4 Å². The van der Waals surface area contributed by atoms with E-state index in [2.05, 4.69) is 18.9 Å². The monoisotopic (exact) mass is 467 g/mol. The zero-order chi connectivity index (χ0) is 24.5. The summed E-state index contributed by atoms with van der Waals surface area (Å²) in [6.07, 6.45) is 2.27. The molecule has 2 aromatic carbocycles. The Balaban J connectivity index is 1.51. The zero-order valence-electron chi connectivity index (χ0n) is 20.8. The average Bonchev–Trinajstić information content (AvgIpc) is 2.87. The number of piperazine rings is 1. The smallest absolute Gasteiger partial charge is 0.261 e. The highest BCUT2D eigenvalue weighted by molar-refractivity contribution is 6.08. The number of likely N-dealkylation sites (N-methyl/N-ethyl adjacent to an activating group) is 1. The van der Waals surface area contributed by atoms with Crippen molar-refractivity contribution in [1.82, 2.24) is 9.80 Å². The minimum atomic E-state index is -0.163. The fourth-order valence-electron chi connectivity index (χ4n) is 4.07. The predicted molar refractivity (Wildman–Crippen MR) is 135 cm³/mol. The molecule has 0 aliphatic carbocycles. The van der Waals surface area contributed by atoms with Crippen LogP contribution in [-0.2, 0) is 4.79 Å². The van der Waals surface area contributed by atoms with E-state index in [0.717, 1.165) is 39.0 Å². The van der Waals surface area contributed by atoms with Gasteiger partial charge in [-0.05, 0) is 50.1 Å². The third-order valence-electron chi connectivity index (χ3n) is 6.44. The first-order valence-corrected chi connectivity index (χ1v) is 12.0. The van der Waals surface area contributed by atoms with Crippen LogP contribution in [0.4, 0.5) is 5.69 Å². The van der Waals surface area contributed by atoms with Crippen LogP contribution in [0.2, 0.25) is 0 Å². The molecule has 0 bridgehead atoms. The number of amides is 2. The standard InChI is InChI=1S/C27H37N3O4/c1-21(13-14-26(31)30-18-16-28(2)17-19-30)15-20-34-25-12-8-6-10-23(25)29(3)27(32)22-9-5-7-11-24(22)33-4/h5-12,21H,13-20H2,1-4H3. The molecule has 1 aliphatic heterocycles. The first-order valence-electron chi connectivity index (χ1n) is 12.0. The van der Waals surface area contributed by atoms with Gasteiger partial charge < -0.3 is 24.2 Å². The van der Waals surface area contributed by atoms with Gasteiger partial charge in [0.2, 0.25) is 5.91 Å². The number of rotatable bonds is 10. The SMILES string of the molecule is COc1ccccc1C(=O)N(C)c1ccccc1OCCC(C)CCC(=O)N1CCN(C)CC1. The van der Waals surface area contributed by atoms with E-state index in [1.165, 1.54) is 0 Å². The fourth-order valence-corrected chi connectivity index (χ4v) is 4.07. The molecule has 1 aliphatic rings. The van der Waals surface area contributed by atoms with Gasteiger partial charge in [0.25, 0.3) is 5.91 Å². The maximum absolute atomic E-state index is 13.1. The molecule has 0 N–H and O–H groups in total. The van der Waals surface area contributed by atoms with Gasteiger partial charge in [-0.25, -0.2) is 0 Å². The number of hydrogen-bond donors (Lipinski definition) is 0. The van der Waals surface area contributed by atoms with Crippen molar-refractivity contribution in [2.75, 3.05) is 58.9 Å². The van der Waals surface area contributed by atoms with Gasteiger partial charge in [0, 0.05) is 39.6 Å². The fraction of sp³-hybridized carbons (Fsp3) is 0.481. The Hall–Kier alpha value is -3.06. The van der Waals surface area contributed by atoms with Crippen LogP contribution in [0.15, 0.2) is 48.5 Å². The van der Waals surface area contributed by atoms with Crippen LogP contribution in [-0.4, -0.2) is 75.6 Å². The molecule has 2 aromatic rings. The summed E-state index contributed by atoms with van der Waals surface area (Å²) in [5.74, 6) is 1.66. The summed E-state index contributed by atoms with van der Waals surface area (Å²) in [6, 6.07) is 14.7. The lowest BCUT2D eigenvalue weighted by Gasteiger charge is -2.32. The molecule has 1 heterocycles. The van der Waals surface area contributed by atoms with Gasteiger partial charge in [-0.2, -0.15) is 0 Å². The number of nitrogens with zero attached hydrogens (tertiary/aromatic N) is 3. The minimum Gasteiger partial charge on any atom is -0.496 e. The molecule has 0 radical (unpaired) electrons. The topological polar surface area (TPSA) is 62.3 Å². The number of para-hydroxylation sites is 3. The normalized spacial score (nSPS) is 15.0. The van der Waals surface area contributed by atoms with E-state index in [1.807, 2.05) is 41.3 Å². The molecule has 184 valence electrons. The Bertz CT molecular complexity index is 956. The molecule has 34 heavy (non-hydrogen) atoms. The molecular formula is C27H37N3O4. The third-order valence-corrected chi connectivity index (χ3v) is 6.44. The van der Waals surface area contributed by atoms with Gasteiger partial charge in [-0.15, -0.1) is 0 Å². The highest BCUT2D eigenvalue weighted by Gasteiger charge is 2.21. The lowest BCUT2D eigenvalue weighted by Crippen LogP contribution is -2.47. The zero-order valence-corrected chi connectivity index (χ0v) is 20.8. The van der Waals surface area contributed by atoms with E-state index in [0.29, 0.717) is 41.7 Å². The van der Waals surface area contributed by atoms with Crippen LogP contribution in [0.3, 0.4) is 0 Å². The second-order valence-corrected chi connectivity index (χ2v) is 9.00. The van der Waals surface area contributed by atoms with Gasteiger partial charge in [0.15, 0.2) is 0 Å². The summed E-state index contributed by atoms with van der Waals surface area (Å²) >= 11 is 0. The molecule has 1 fully saturated rings. The Kier molecular flexibility index (Phi) is 9.33. The first kappa shape index (κ1) is 25.6. The molecule has 7 nitrogen and oxygen atoms in total. The number of anilines is 1. The van der Waals surface area contributed by atoms with Crippen molar-refractivity contribution < 1.29 is 19.1 Å². The highest BCUT2D eigenvalue weighted by Crippen LogP contribution is 2.30. The van der Waals surface area contributed by atoms with Gasteiger partial charge in [0.1, 0.15) is 11.5 Å². The first-order chi connectivity index (χ1) is 16.4. The van der Waals surface area contributed by atoms with Crippen molar-refractivity contribution in [3.05, 3.63) is 54.1 Å². The number of hydrogen-bond acceptors (Lipinski definition) is 5. The summed E-state index contributed by atoms with van der Waals surface area (Å²) in [5, 5.41) is 0. The van der Waals surface area contributed by atoms with Crippen LogP contribution in [0, 0.1) is 5.92 Å². The molecule has 3 rings (SSSR count). The molecule has 0 aromatic heterocycles. The van der Waals surface area contributed by atoms with Gasteiger partial charge in [-0.3, -0.25) is 9.59 Å². The average molecular weight is 468 g/mol. The van der Waals surface area contributed by atoms with Crippen LogP contribution in [0.5, 0.6) is 11.5 Å². The van der Waals surface area contributed by atoms with E-state index < -0.39 is 0 Å². The molecule has 2 amide bonds. The van der Waals surface area contributed by atoms with Crippen molar-refractivity contribution >= 4 is 17.5 Å². The Morgan fingerprint density at radius 3 is 2.32 bits per heavy atom. The molecule has 1 atom stereocenters. The van der Waals surface area contributed by atoms with E-state index in [-0.39, 0.29) is 11.8 Å². The van der Waals surface area contributed by atoms with Gasteiger partial charge in [0.05, 0.1) is 25.0 Å². The maximum atomic E-state index is 13.1.